The van der Waals surface area contributed by atoms with Crippen LogP contribution in [-0.2, 0) is 9.59 Å². The van der Waals surface area contributed by atoms with Crippen LogP contribution >= 0.6 is 0 Å². The van der Waals surface area contributed by atoms with Crippen LogP contribution in [0.1, 0.15) is 26.7 Å². The van der Waals surface area contributed by atoms with Crippen molar-refractivity contribution in [2.75, 3.05) is 0 Å². The topological polar surface area (TPSA) is 127 Å². The fraction of sp³-hybridized carbons (Fsp3) is 0.600. The first-order valence-corrected chi connectivity index (χ1v) is 4.71. The highest BCUT2D eigenvalue weighted by atomic mass is 16.4. The Kier molecular flexibility index (Phi) is 4.94. The van der Waals surface area contributed by atoms with Gasteiger partial charge in [-0.3, -0.25) is 0 Å². The second-order valence-electron chi connectivity index (χ2n) is 3.92. The molecule has 0 bridgehead atoms. The van der Waals surface area contributed by atoms with Gasteiger partial charge in [0.2, 0.25) is 0 Å². The molecule has 0 aromatic heterocycles. The van der Waals surface area contributed by atoms with Gasteiger partial charge in [-0.25, -0.2) is 4.79 Å². The number of azo groups is 1. The highest BCUT2D eigenvalue weighted by molar-refractivity contribution is 5.78. The normalized spacial score (nSPS) is 17.4. The van der Waals surface area contributed by atoms with E-state index in [4.69, 9.17) is 15.6 Å². The van der Waals surface area contributed by atoms with Crippen molar-refractivity contribution in [3.63, 3.8) is 0 Å². The first-order valence-electron chi connectivity index (χ1n) is 4.71. The van der Waals surface area contributed by atoms with Crippen LogP contribution in [0, 0.1) is 22.7 Å². The summed E-state index contributed by atoms with van der Waals surface area (Å²) in [5, 5.41) is 33.0. The number of hydrogen-bond acceptors (Lipinski definition) is 6. The van der Waals surface area contributed by atoms with Crippen molar-refractivity contribution in [1.29, 1.82) is 10.5 Å². The van der Waals surface area contributed by atoms with Crippen molar-refractivity contribution < 1.29 is 14.7 Å². The van der Waals surface area contributed by atoms with Crippen LogP contribution in [0.3, 0.4) is 0 Å². The molecule has 0 amide bonds. The maximum Gasteiger partial charge on any atom is 0.334 e. The minimum Gasteiger partial charge on any atom is -0.479 e. The molecule has 0 radical (unpaired) electrons. The van der Waals surface area contributed by atoms with Crippen molar-refractivity contribution >= 4 is 12.3 Å². The van der Waals surface area contributed by atoms with Gasteiger partial charge >= 0.3 is 5.97 Å². The first-order chi connectivity index (χ1) is 7.83. The summed E-state index contributed by atoms with van der Waals surface area (Å²) in [6.07, 6.45) is -0.149. The summed E-state index contributed by atoms with van der Waals surface area (Å²) in [6, 6.07) is 3.45. The van der Waals surface area contributed by atoms with Crippen LogP contribution in [0.15, 0.2) is 10.2 Å². The number of carbonyl (C=O) groups excluding carboxylic acids is 1. The quantitative estimate of drug-likeness (QED) is 0.545. The summed E-state index contributed by atoms with van der Waals surface area (Å²) in [6.45, 7) is 2.58. The van der Waals surface area contributed by atoms with Crippen LogP contribution in [0.5, 0.6) is 0 Å². The van der Waals surface area contributed by atoms with Crippen LogP contribution in [0.25, 0.3) is 0 Å². The molecule has 0 saturated heterocycles. The van der Waals surface area contributed by atoms with E-state index in [1.807, 2.05) is 0 Å². The van der Waals surface area contributed by atoms with Crippen LogP contribution in [-0.4, -0.2) is 28.4 Å². The second-order valence-corrected chi connectivity index (χ2v) is 3.92. The minimum absolute atomic E-state index is 0.206. The van der Waals surface area contributed by atoms with Crippen molar-refractivity contribution in [3.05, 3.63) is 0 Å². The van der Waals surface area contributed by atoms with E-state index in [0.29, 0.717) is 6.29 Å². The maximum atomic E-state index is 10.9. The third-order valence-corrected chi connectivity index (χ3v) is 2.07. The maximum absolute atomic E-state index is 10.9. The van der Waals surface area contributed by atoms with Gasteiger partial charge in [0.25, 0.3) is 0 Å². The molecule has 1 N–H and O–H groups in total. The number of rotatable bonds is 6. The molecule has 0 fully saturated rings. The fourth-order valence-corrected chi connectivity index (χ4v) is 0.793. The van der Waals surface area contributed by atoms with Crippen molar-refractivity contribution in [2.24, 2.45) is 10.2 Å². The van der Waals surface area contributed by atoms with E-state index in [1.165, 1.54) is 13.8 Å². The predicted molar refractivity (Wildman–Crippen MR) is 55.8 cm³/mol. The number of nitriles is 2. The van der Waals surface area contributed by atoms with E-state index in [-0.39, 0.29) is 12.8 Å². The molecule has 0 aliphatic carbocycles. The lowest BCUT2D eigenvalue weighted by molar-refractivity contribution is -0.142. The van der Waals surface area contributed by atoms with Gasteiger partial charge < -0.3 is 9.90 Å². The molecular weight excluding hydrogens is 224 g/mol. The molecule has 2 atom stereocenters. The molecule has 7 heteroatoms. The number of carbonyl (C=O) groups is 2. The number of nitrogens with zero attached hydrogens (tertiary/aromatic N) is 4. The lowest BCUT2D eigenvalue weighted by Crippen LogP contribution is -2.33. The van der Waals surface area contributed by atoms with Gasteiger partial charge in [0.05, 0.1) is 25.0 Å². The molecule has 0 saturated carbocycles. The molecule has 7 nitrogen and oxygen atoms in total. The Morgan fingerprint density at radius 1 is 1.29 bits per heavy atom. The van der Waals surface area contributed by atoms with E-state index in [1.54, 1.807) is 12.1 Å². The molecule has 17 heavy (non-hydrogen) atoms. The molecule has 0 rings (SSSR count). The average Bonchev–Trinajstić information content (AvgIpc) is 2.27. The summed E-state index contributed by atoms with van der Waals surface area (Å²) < 4.78 is 0. The van der Waals surface area contributed by atoms with E-state index < -0.39 is 17.0 Å². The van der Waals surface area contributed by atoms with Gasteiger partial charge in [0.1, 0.15) is 11.8 Å². The lowest BCUT2D eigenvalue weighted by Gasteiger charge is -2.18. The van der Waals surface area contributed by atoms with Gasteiger partial charge in [0, 0.05) is 0 Å². The Morgan fingerprint density at radius 2 is 1.82 bits per heavy atom. The molecule has 0 spiro atoms. The molecular formula is C10H12N4O3. The SMILES string of the molecule is CC(C=O)(CC#N)N=NC(C)(CC#N)C(=O)O. The first kappa shape index (κ1) is 14.7. The Bertz CT molecular complexity index is 420. The summed E-state index contributed by atoms with van der Waals surface area (Å²) in [7, 11) is 0. The third kappa shape index (κ3) is 3.99. The number of hydrogen-bond donors (Lipinski definition) is 1. The number of aliphatic carboxylic acids is 1. The van der Waals surface area contributed by atoms with Crippen molar-refractivity contribution in [1.82, 2.24) is 0 Å². The van der Waals surface area contributed by atoms with Crippen LogP contribution in [0.2, 0.25) is 0 Å². The zero-order valence-electron chi connectivity index (χ0n) is 9.54. The van der Waals surface area contributed by atoms with Gasteiger partial charge in [-0.2, -0.15) is 20.8 Å². The molecule has 0 heterocycles. The standard InChI is InChI=1S/C10H12N4O3/c1-9(7-15,3-5-11)13-14-10(2,4-6-12)8(16)17/h7H,3-4H2,1-2H3,(H,16,17). The minimum atomic E-state index is -1.70. The molecule has 0 aliphatic rings. The molecule has 0 aromatic rings. The molecule has 0 aliphatic heterocycles. The monoisotopic (exact) mass is 236 g/mol. The van der Waals surface area contributed by atoms with E-state index in [0.717, 1.165) is 0 Å². The number of aldehydes is 1. The van der Waals surface area contributed by atoms with Gasteiger partial charge in [-0.15, -0.1) is 0 Å². The third-order valence-electron chi connectivity index (χ3n) is 2.07. The summed E-state index contributed by atoms with van der Waals surface area (Å²) in [5.41, 5.74) is -3.07. The lowest BCUT2D eigenvalue weighted by atomic mass is 10.00. The second kappa shape index (κ2) is 5.71. The molecule has 2 unspecified atom stereocenters. The Hall–Kier alpha value is -2.28. The molecule has 0 aromatic carbocycles. The largest absolute Gasteiger partial charge is 0.479 e. The summed E-state index contributed by atoms with van der Waals surface area (Å²) in [4.78, 5) is 21.7. The Balaban J connectivity index is 5.14. The zero-order valence-corrected chi connectivity index (χ0v) is 9.54. The highest BCUT2D eigenvalue weighted by Crippen LogP contribution is 2.20. The Labute approximate surface area is 98.4 Å². The Morgan fingerprint density at radius 3 is 2.18 bits per heavy atom. The van der Waals surface area contributed by atoms with E-state index >= 15 is 0 Å². The zero-order chi connectivity index (χ0) is 13.5. The van der Waals surface area contributed by atoms with Gasteiger partial charge in [0.15, 0.2) is 5.54 Å². The average molecular weight is 236 g/mol. The van der Waals surface area contributed by atoms with E-state index in [2.05, 4.69) is 10.2 Å². The van der Waals surface area contributed by atoms with Crippen LogP contribution < -0.4 is 0 Å². The number of carboxylic acids is 1. The van der Waals surface area contributed by atoms with Gasteiger partial charge in [-0.1, -0.05) is 0 Å². The fourth-order valence-electron chi connectivity index (χ4n) is 0.793. The predicted octanol–water partition coefficient (Wildman–Crippen LogP) is 1.07. The summed E-state index contributed by atoms with van der Waals surface area (Å²) >= 11 is 0. The van der Waals surface area contributed by atoms with Crippen molar-refractivity contribution in [3.8, 4) is 12.1 Å². The molecule has 90 valence electrons. The van der Waals surface area contributed by atoms with Gasteiger partial charge in [-0.05, 0) is 13.8 Å². The van der Waals surface area contributed by atoms with E-state index in [9.17, 15) is 9.59 Å². The smallest absolute Gasteiger partial charge is 0.334 e. The van der Waals surface area contributed by atoms with Crippen LogP contribution in [0.4, 0.5) is 0 Å². The van der Waals surface area contributed by atoms with Crippen molar-refractivity contribution in [2.45, 2.75) is 37.8 Å². The summed E-state index contributed by atoms with van der Waals surface area (Å²) in [5.74, 6) is -1.31. The highest BCUT2D eigenvalue weighted by Gasteiger charge is 2.35. The number of carboxylic acid groups (broad SMARTS) is 1.